The Morgan fingerprint density at radius 2 is 1.68 bits per heavy atom. The van der Waals surface area contributed by atoms with Crippen LogP contribution < -0.4 is 9.47 Å². The molecule has 0 fully saturated rings. The van der Waals surface area contributed by atoms with Crippen LogP contribution in [0.25, 0.3) is 6.08 Å². The van der Waals surface area contributed by atoms with Gasteiger partial charge in [-0.3, -0.25) is 14.9 Å². The highest BCUT2D eigenvalue weighted by molar-refractivity contribution is 6.04. The highest BCUT2D eigenvalue weighted by atomic mass is 16.6. The minimum Gasteiger partial charge on any atom is -0.491 e. The second kappa shape index (κ2) is 18.7. The van der Waals surface area contributed by atoms with Gasteiger partial charge in [-0.1, -0.05) is 70.7 Å². The summed E-state index contributed by atoms with van der Waals surface area (Å²) in [7, 11) is 0. The van der Waals surface area contributed by atoms with Gasteiger partial charge in [0.15, 0.2) is 0 Å². The van der Waals surface area contributed by atoms with E-state index in [-0.39, 0.29) is 17.5 Å². The van der Waals surface area contributed by atoms with Crippen molar-refractivity contribution in [1.29, 1.82) is 0 Å². The molecule has 0 bridgehead atoms. The van der Waals surface area contributed by atoms with Crippen molar-refractivity contribution < 1.29 is 28.5 Å². The maximum absolute atomic E-state index is 13.5. The third-order valence-corrected chi connectivity index (χ3v) is 6.83. The zero-order valence-electron chi connectivity index (χ0n) is 27.7. The number of nitrogens with zero attached hydrogens (tertiary/aromatic N) is 3. The van der Waals surface area contributed by atoms with Gasteiger partial charge in [0.25, 0.3) is 17.5 Å². The Labute approximate surface area is 276 Å². The largest absolute Gasteiger partial charge is 0.491 e. The fraction of sp³-hybridized carbons (Fsp3) is 0.297. The maximum atomic E-state index is 13.5. The lowest BCUT2D eigenvalue weighted by molar-refractivity contribution is -0.384. The Kier molecular flexibility index (Phi) is 14.4. The van der Waals surface area contributed by atoms with Gasteiger partial charge in [-0.15, -0.1) is 0 Å². The van der Waals surface area contributed by atoms with E-state index in [9.17, 15) is 14.9 Å². The van der Waals surface area contributed by atoms with E-state index in [1.54, 1.807) is 47.4 Å². The van der Waals surface area contributed by atoms with Gasteiger partial charge in [-0.2, -0.15) is 0 Å². The van der Waals surface area contributed by atoms with Gasteiger partial charge in [0.05, 0.1) is 30.4 Å². The number of hydrogen-bond acceptors (Lipinski definition) is 8. The number of amides is 1. The zero-order chi connectivity index (χ0) is 34.2. The molecule has 2 heterocycles. The van der Waals surface area contributed by atoms with Crippen molar-refractivity contribution in [2.75, 3.05) is 26.4 Å². The maximum Gasteiger partial charge on any atom is 0.269 e. The number of nitro benzene ring substituents is 1. The molecule has 3 aromatic rings. The Morgan fingerprint density at radius 3 is 2.28 bits per heavy atom. The number of nitro groups is 1. The van der Waals surface area contributed by atoms with Crippen molar-refractivity contribution in [1.82, 2.24) is 10.1 Å². The summed E-state index contributed by atoms with van der Waals surface area (Å²) in [6, 6.07) is 15.6. The molecule has 2 aromatic carbocycles. The topological polar surface area (TPSA) is 117 Å². The standard InChI is InChI=1S/C35H37N3O7.C2H6/c1-5-8-30-31(10-7-9-26-11-15-28(16-12-26)38(40)41)35(39)37(32(30)6-2)24-27-13-17-29(18-14-27)43-21-19-42-20-22-44-34-23-33(25(3)4)45-36-34;1-2/h5-18,23,25H,2,19-22,24H2,1,3-4H3;1-2H3/b8-5-,9-7+,31-10-;. The molecule has 0 saturated heterocycles. The normalized spacial score (nSPS) is 14.0. The summed E-state index contributed by atoms with van der Waals surface area (Å²) in [4.78, 5) is 25.7. The van der Waals surface area contributed by atoms with E-state index in [2.05, 4.69) is 11.7 Å². The number of aromatic nitrogens is 1. The molecule has 0 radical (unpaired) electrons. The van der Waals surface area contributed by atoms with Crippen molar-refractivity contribution in [3.8, 4) is 11.6 Å². The molecular formula is C37H43N3O7. The quantitative estimate of drug-likeness (QED) is 0.0665. The minimum atomic E-state index is -0.439. The summed E-state index contributed by atoms with van der Waals surface area (Å²) < 4.78 is 22.1. The molecule has 1 aliphatic rings. The molecule has 1 amide bonds. The Balaban J connectivity index is 0.00000294. The van der Waals surface area contributed by atoms with Crippen LogP contribution in [0.4, 0.5) is 5.69 Å². The summed E-state index contributed by atoms with van der Waals surface area (Å²) in [6.45, 7) is 15.8. The lowest BCUT2D eigenvalue weighted by Crippen LogP contribution is -2.24. The second-order valence-corrected chi connectivity index (χ2v) is 10.4. The number of rotatable bonds is 16. The highest BCUT2D eigenvalue weighted by Crippen LogP contribution is 2.33. The van der Waals surface area contributed by atoms with Gasteiger partial charge in [0.1, 0.15) is 24.7 Å². The van der Waals surface area contributed by atoms with Crippen LogP contribution in [0.1, 0.15) is 57.4 Å². The van der Waals surface area contributed by atoms with E-state index in [0.717, 1.165) is 28.2 Å². The first-order chi connectivity index (χ1) is 22.8. The van der Waals surface area contributed by atoms with Crippen molar-refractivity contribution in [2.45, 2.75) is 47.1 Å². The van der Waals surface area contributed by atoms with E-state index >= 15 is 0 Å². The zero-order valence-corrected chi connectivity index (χ0v) is 27.7. The van der Waals surface area contributed by atoms with Crippen LogP contribution in [-0.2, 0) is 16.1 Å². The molecule has 0 aliphatic carbocycles. The van der Waals surface area contributed by atoms with Crippen LogP contribution >= 0.6 is 0 Å². The molecule has 10 nitrogen and oxygen atoms in total. The van der Waals surface area contributed by atoms with Crippen molar-refractivity contribution in [3.05, 3.63) is 135 Å². The monoisotopic (exact) mass is 641 g/mol. The van der Waals surface area contributed by atoms with Crippen LogP contribution in [-0.4, -0.2) is 47.3 Å². The smallest absolute Gasteiger partial charge is 0.269 e. The molecule has 1 aromatic heterocycles. The van der Waals surface area contributed by atoms with Gasteiger partial charge in [0, 0.05) is 35.3 Å². The first kappa shape index (κ1) is 36.3. The summed E-state index contributed by atoms with van der Waals surface area (Å²) in [5.41, 5.74) is 3.77. The van der Waals surface area contributed by atoms with Crippen molar-refractivity contribution in [2.24, 2.45) is 0 Å². The van der Waals surface area contributed by atoms with E-state index in [1.165, 1.54) is 12.1 Å². The molecule has 248 valence electrons. The molecule has 47 heavy (non-hydrogen) atoms. The number of allylic oxidation sites excluding steroid dienone is 5. The van der Waals surface area contributed by atoms with E-state index in [1.807, 2.05) is 71.0 Å². The van der Waals surface area contributed by atoms with Gasteiger partial charge in [0.2, 0.25) is 0 Å². The summed E-state index contributed by atoms with van der Waals surface area (Å²) in [6.07, 6.45) is 10.8. The Hall–Kier alpha value is -5.22. The van der Waals surface area contributed by atoms with Gasteiger partial charge < -0.3 is 23.6 Å². The summed E-state index contributed by atoms with van der Waals surface area (Å²) >= 11 is 0. The van der Waals surface area contributed by atoms with Gasteiger partial charge in [-0.25, -0.2) is 0 Å². The SMILES string of the molecule is C=CC1=C(/C=C\C)/C(=C/C=C/c2ccc([N+](=O)[O-])cc2)C(=O)N1Cc1ccc(OCCOCCOc2cc(C(C)C)on2)cc1.CC. The number of non-ortho nitro benzene ring substituents is 1. The fourth-order valence-corrected chi connectivity index (χ4v) is 4.51. The first-order valence-corrected chi connectivity index (χ1v) is 15.6. The molecule has 0 atom stereocenters. The van der Waals surface area contributed by atoms with E-state index < -0.39 is 4.92 Å². The average molecular weight is 642 g/mol. The van der Waals surface area contributed by atoms with Crippen LogP contribution in [0, 0.1) is 10.1 Å². The molecule has 4 rings (SSSR count). The number of hydrogen-bond donors (Lipinski definition) is 0. The van der Waals surface area contributed by atoms with E-state index in [0.29, 0.717) is 50.2 Å². The number of benzene rings is 2. The molecule has 0 N–H and O–H groups in total. The van der Waals surface area contributed by atoms with Crippen LogP contribution in [0.2, 0.25) is 0 Å². The average Bonchev–Trinajstić information content (AvgIpc) is 3.65. The molecule has 10 heteroatoms. The van der Waals surface area contributed by atoms with Crippen LogP contribution in [0.15, 0.2) is 113 Å². The van der Waals surface area contributed by atoms with Crippen LogP contribution in [0.3, 0.4) is 0 Å². The summed E-state index contributed by atoms with van der Waals surface area (Å²) in [5, 5.41) is 14.8. The lowest BCUT2D eigenvalue weighted by Gasteiger charge is -2.18. The molecule has 1 aliphatic heterocycles. The van der Waals surface area contributed by atoms with E-state index in [4.69, 9.17) is 18.7 Å². The van der Waals surface area contributed by atoms with Gasteiger partial charge in [-0.05, 0) is 59.6 Å². The molecular weight excluding hydrogens is 598 g/mol. The predicted molar refractivity (Wildman–Crippen MR) is 183 cm³/mol. The second-order valence-electron chi connectivity index (χ2n) is 10.4. The van der Waals surface area contributed by atoms with Crippen molar-refractivity contribution >= 4 is 17.7 Å². The number of carbonyl (C=O) groups is 1. The first-order valence-electron chi connectivity index (χ1n) is 15.6. The minimum absolute atomic E-state index is 0.0246. The third-order valence-electron chi connectivity index (χ3n) is 6.83. The number of carbonyl (C=O) groups excluding carboxylic acids is 1. The highest BCUT2D eigenvalue weighted by Gasteiger charge is 2.31. The van der Waals surface area contributed by atoms with Crippen molar-refractivity contribution in [3.63, 3.8) is 0 Å². The predicted octanol–water partition coefficient (Wildman–Crippen LogP) is 8.21. The molecule has 0 saturated carbocycles. The van der Waals surface area contributed by atoms with Crippen LogP contribution in [0.5, 0.6) is 11.6 Å². The summed E-state index contributed by atoms with van der Waals surface area (Å²) in [5.74, 6) is 2.03. The Bertz CT molecular complexity index is 1600. The lowest BCUT2D eigenvalue weighted by atomic mass is 10.1. The third kappa shape index (κ3) is 10.4. The van der Waals surface area contributed by atoms with Gasteiger partial charge >= 0.3 is 0 Å². The Morgan fingerprint density at radius 1 is 1.00 bits per heavy atom. The fourth-order valence-electron chi connectivity index (χ4n) is 4.51. The molecule has 0 spiro atoms. The molecule has 0 unspecified atom stereocenters. The number of ether oxygens (including phenoxy) is 3.